The summed E-state index contributed by atoms with van der Waals surface area (Å²) in [5.41, 5.74) is 1.01. The number of amides is 1. The van der Waals surface area contributed by atoms with Crippen molar-refractivity contribution in [3.8, 4) is 5.75 Å². The third-order valence-corrected chi connectivity index (χ3v) is 5.23. The molecule has 126 valence electrons. The second kappa shape index (κ2) is 7.04. The lowest BCUT2D eigenvalue weighted by Crippen LogP contribution is -2.38. The Hall–Kier alpha value is -1.71. The van der Waals surface area contributed by atoms with Crippen LogP contribution in [0.4, 0.5) is 5.69 Å². The predicted molar refractivity (Wildman–Crippen MR) is 98.2 cm³/mol. The zero-order valence-corrected chi connectivity index (χ0v) is 15.0. The van der Waals surface area contributed by atoms with Gasteiger partial charge in [-0.3, -0.25) is 4.79 Å². The number of nitrogens with one attached hydrogen (secondary N) is 1. The summed E-state index contributed by atoms with van der Waals surface area (Å²) in [4.78, 5) is 13.1. The van der Waals surface area contributed by atoms with Crippen LogP contribution in [0, 0.1) is 0 Å². The van der Waals surface area contributed by atoms with Gasteiger partial charge < -0.3 is 10.1 Å². The number of carbonyl (C=O) groups is 1. The Bertz CT molecular complexity index is 738. The first kappa shape index (κ1) is 17.1. The average molecular weight is 364 g/mol. The van der Waals surface area contributed by atoms with Crippen LogP contribution in [0.1, 0.15) is 31.2 Å². The van der Waals surface area contributed by atoms with Crippen molar-refractivity contribution in [3.05, 3.63) is 58.1 Å². The second-order valence-corrected chi connectivity index (χ2v) is 6.94. The van der Waals surface area contributed by atoms with Gasteiger partial charge in [0.15, 0.2) is 0 Å². The maximum atomic E-state index is 13.1. The van der Waals surface area contributed by atoms with Crippen molar-refractivity contribution in [3.63, 3.8) is 0 Å². The van der Waals surface area contributed by atoms with E-state index in [1.54, 1.807) is 19.2 Å². The van der Waals surface area contributed by atoms with Crippen LogP contribution in [-0.4, -0.2) is 13.0 Å². The van der Waals surface area contributed by atoms with E-state index in [9.17, 15) is 4.79 Å². The highest BCUT2D eigenvalue weighted by atomic mass is 35.5. The van der Waals surface area contributed by atoms with Gasteiger partial charge in [-0.05, 0) is 54.8 Å². The van der Waals surface area contributed by atoms with Gasteiger partial charge in [0.1, 0.15) is 5.75 Å². The summed E-state index contributed by atoms with van der Waals surface area (Å²) in [6.07, 6.45) is 3.59. The minimum Gasteiger partial charge on any atom is -0.497 e. The van der Waals surface area contributed by atoms with Crippen LogP contribution in [0.15, 0.2) is 42.5 Å². The van der Waals surface area contributed by atoms with E-state index in [1.807, 2.05) is 30.3 Å². The van der Waals surface area contributed by atoms with Crippen molar-refractivity contribution in [2.45, 2.75) is 31.1 Å². The molecule has 0 bridgehead atoms. The number of methoxy groups -OCH3 is 1. The number of halogens is 2. The van der Waals surface area contributed by atoms with Gasteiger partial charge in [0, 0.05) is 15.7 Å². The number of benzene rings is 2. The monoisotopic (exact) mass is 363 g/mol. The fourth-order valence-electron chi connectivity index (χ4n) is 3.40. The summed E-state index contributed by atoms with van der Waals surface area (Å²) in [6, 6.07) is 12.7. The van der Waals surface area contributed by atoms with Crippen molar-refractivity contribution in [1.82, 2.24) is 0 Å². The fraction of sp³-hybridized carbons (Fsp3) is 0.316. The topological polar surface area (TPSA) is 38.3 Å². The zero-order valence-electron chi connectivity index (χ0n) is 13.4. The van der Waals surface area contributed by atoms with Gasteiger partial charge in [-0.25, -0.2) is 0 Å². The molecule has 2 aromatic rings. The molecule has 0 unspecified atom stereocenters. The van der Waals surface area contributed by atoms with Crippen LogP contribution < -0.4 is 10.1 Å². The molecule has 1 amide bonds. The molecule has 24 heavy (non-hydrogen) atoms. The standard InChI is InChI=1S/C19H19Cl2NO2/c1-24-15-7-5-14(6-8-15)22-18(23)19(10-2-3-11-19)16-9-4-13(20)12-17(16)21/h4-9,12H,2-3,10-11H2,1H3,(H,22,23). The Morgan fingerprint density at radius 1 is 1.08 bits per heavy atom. The van der Waals surface area contributed by atoms with Crippen molar-refractivity contribution in [1.29, 1.82) is 0 Å². The van der Waals surface area contributed by atoms with Crippen molar-refractivity contribution in [2.24, 2.45) is 0 Å². The van der Waals surface area contributed by atoms with E-state index in [-0.39, 0.29) is 5.91 Å². The van der Waals surface area contributed by atoms with E-state index >= 15 is 0 Å². The molecule has 0 aromatic heterocycles. The average Bonchev–Trinajstić information content (AvgIpc) is 3.06. The third-order valence-electron chi connectivity index (χ3n) is 4.69. The van der Waals surface area contributed by atoms with Crippen LogP contribution in [0.2, 0.25) is 10.0 Å². The van der Waals surface area contributed by atoms with Crippen molar-refractivity contribution < 1.29 is 9.53 Å². The number of hydrogen-bond donors (Lipinski definition) is 1. The first-order chi connectivity index (χ1) is 11.5. The minimum absolute atomic E-state index is 0.0191. The number of anilines is 1. The molecule has 1 aliphatic rings. The molecular weight excluding hydrogens is 345 g/mol. The molecule has 1 aliphatic carbocycles. The molecule has 1 N–H and O–H groups in total. The Balaban J connectivity index is 1.90. The summed E-state index contributed by atoms with van der Waals surface area (Å²) in [5.74, 6) is 0.735. The lowest BCUT2D eigenvalue weighted by molar-refractivity contribution is -0.121. The summed E-state index contributed by atoms with van der Waals surface area (Å²) in [6.45, 7) is 0. The molecule has 0 aliphatic heterocycles. The molecule has 5 heteroatoms. The molecule has 3 rings (SSSR count). The Morgan fingerprint density at radius 2 is 1.75 bits per heavy atom. The number of carbonyl (C=O) groups excluding carboxylic acids is 1. The quantitative estimate of drug-likeness (QED) is 0.783. The van der Waals surface area contributed by atoms with Gasteiger partial charge in [0.2, 0.25) is 5.91 Å². The van der Waals surface area contributed by atoms with Crippen LogP contribution in [0.5, 0.6) is 5.75 Å². The fourth-order valence-corrected chi connectivity index (χ4v) is 3.99. The van der Waals surface area contributed by atoms with Gasteiger partial charge in [0.05, 0.1) is 12.5 Å². The SMILES string of the molecule is COc1ccc(NC(=O)C2(c3ccc(Cl)cc3Cl)CCCC2)cc1. The summed E-state index contributed by atoms with van der Waals surface area (Å²) < 4.78 is 5.15. The largest absolute Gasteiger partial charge is 0.497 e. The summed E-state index contributed by atoms with van der Waals surface area (Å²) in [5, 5.41) is 4.16. The smallest absolute Gasteiger partial charge is 0.235 e. The van der Waals surface area contributed by atoms with E-state index in [0.29, 0.717) is 10.0 Å². The van der Waals surface area contributed by atoms with Crippen LogP contribution in [0.25, 0.3) is 0 Å². The lowest BCUT2D eigenvalue weighted by Gasteiger charge is -2.29. The van der Waals surface area contributed by atoms with E-state index in [2.05, 4.69) is 5.32 Å². The lowest BCUT2D eigenvalue weighted by atomic mass is 9.78. The first-order valence-electron chi connectivity index (χ1n) is 7.96. The molecule has 0 radical (unpaired) electrons. The van der Waals surface area contributed by atoms with Crippen LogP contribution >= 0.6 is 23.2 Å². The Morgan fingerprint density at radius 3 is 2.33 bits per heavy atom. The first-order valence-corrected chi connectivity index (χ1v) is 8.72. The Kier molecular flexibility index (Phi) is 5.02. The van der Waals surface area contributed by atoms with E-state index in [0.717, 1.165) is 42.7 Å². The van der Waals surface area contributed by atoms with Crippen LogP contribution in [-0.2, 0) is 10.2 Å². The predicted octanol–water partition coefficient (Wildman–Crippen LogP) is 5.45. The normalized spacial score (nSPS) is 16.0. The second-order valence-electron chi connectivity index (χ2n) is 6.10. The maximum Gasteiger partial charge on any atom is 0.235 e. The molecule has 0 saturated heterocycles. The van der Waals surface area contributed by atoms with Crippen molar-refractivity contribution >= 4 is 34.8 Å². The molecule has 0 heterocycles. The van der Waals surface area contributed by atoms with Gasteiger partial charge in [0.25, 0.3) is 0 Å². The van der Waals surface area contributed by atoms with Gasteiger partial charge in [-0.1, -0.05) is 42.1 Å². The highest BCUT2D eigenvalue weighted by molar-refractivity contribution is 6.35. The van der Waals surface area contributed by atoms with Crippen LogP contribution in [0.3, 0.4) is 0 Å². The van der Waals surface area contributed by atoms with E-state index in [4.69, 9.17) is 27.9 Å². The third kappa shape index (κ3) is 3.24. The summed E-state index contributed by atoms with van der Waals surface area (Å²) >= 11 is 12.4. The molecule has 1 saturated carbocycles. The molecule has 3 nitrogen and oxygen atoms in total. The summed E-state index contributed by atoms with van der Waals surface area (Å²) in [7, 11) is 1.61. The molecule has 0 spiro atoms. The Labute approximate surface area is 151 Å². The molecule has 2 aromatic carbocycles. The number of rotatable bonds is 4. The van der Waals surface area contributed by atoms with Gasteiger partial charge in [-0.15, -0.1) is 0 Å². The van der Waals surface area contributed by atoms with Crippen molar-refractivity contribution in [2.75, 3.05) is 12.4 Å². The highest BCUT2D eigenvalue weighted by Crippen LogP contribution is 2.45. The van der Waals surface area contributed by atoms with Gasteiger partial charge >= 0.3 is 0 Å². The van der Waals surface area contributed by atoms with E-state index < -0.39 is 5.41 Å². The molecule has 1 fully saturated rings. The van der Waals surface area contributed by atoms with E-state index in [1.165, 1.54) is 0 Å². The maximum absolute atomic E-state index is 13.1. The molecular formula is C19H19Cl2NO2. The number of hydrogen-bond acceptors (Lipinski definition) is 2. The highest BCUT2D eigenvalue weighted by Gasteiger charge is 2.44. The molecule has 0 atom stereocenters. The zero-order chi connectivity index (χ0) is 17.2. The van der Waals surface area contributed by atoms with Gasteiger partial charge in [-0.2, -0.15) is 0 Å². The minimum atomic E-state index is -0.596. The number of ether oxygens (including phenoxy) is 1.